The van der Waals surface area contributed by atoms with E-state index in [0.717, 1.165) is 31.8 Å². The number of oxime groups is 1. The Morgan fingerprint density at radius 1 is 1.67 bits per heavy atom. The lowest BCUT2D eigenvalue weighted by Crippen LogP contribution is -2.32. The van der Waals surface area contributed by atoms with Crippen LogP contribution in [0.4, 0.5) is 5.69 Å². The smallest absolute Gasteiger partial charge is 0.190 e. The van der Waals surface area contributed by atoms with Crippen LogP contribution in [0.2, 0.25) is 0 Å². The molecule has 1 aliphatic rings. The molecule has 1 aromatic heterocycles. The number of pyridine rings is 1. The topological polar surface area (TPSA) is 84.0 Å². The average Bonchev–Trinajstić information content (AvgIpc) is 2.62. The lowest BCUT2D eigenvalue weighted by molar-refractivity contribution is 0.0821. The Kier molecular flexibility index (Phi) is 3.99. The first-order chi connectivity index (χ1) is 8.72. The summed E-state index contributed by atoms with van der Waals surface area (Å²) < 4.78 is 5.61. The van der Waals surface area contributed by atoms with Crippen LogP contribution in [-0.2, 0) is 4.74 Å². The van der Waals surface area contributed by atoms with Crippen LogP contribution in [0.3, 0.4) is 0 Å². The van der Waals surface area contributed by atoms with Crippen molar-refractivity contribution in [3.63, 3.8) is 0 Å². The molecule has 0 bridgehead atoms. The first kappa shape index (κ1) is 12.6. The van der Waals surface area contributed by atoms with Gasteiger partial charge < -0.3 is 20.6 Å². The summed E-state index contributed by atoms with van der Waals surface area (Å²) >= 11 is 0. The van der Waals surface area contributed by atoms with E-state index in [1.807, 2.05) is 19.1 Å². The molecule has 18 heavy (non-hydrogen) atoms. The van der Waals surface area contributed by atoms with Gasteiger partial charge in [0.1, 0.15) is 5.69 Å². The minimum atomic E-state index is 0.0309. The van der Waals surface area contributed by atoms with Crippen LogP contribution in [0.5, 0.6) is 0 Å². The van der Waals surface area contributed by atoms with Gasteiger partial charge in [-0.15, -0.1) is 0 Å². The van der Waals surface area contributed by atoms with E-state index >= 15 is 0 Å². The van der Waals surface area contributed by atoms with Crippen LogP contribution in [0.1, 0.15) is 19.0 Å². The molecule has 0 aromatic carbocycles. The van der Waals surface area contributed by atoms with Crippen molar-refractivity contribution >= 4 is 11.5 Å². The molecule has 0 amide bonds. The zero-order valence-electron chi connectivity index (χ0n) is 10.4. The van der Waals surface area contributed by atoms with Crippen LogP contribution >= 0.6 is 0 Å². The summed E-state index contributed by atoms with van der Waals surface area (Å²) in [5.41, 5.74) is 7.04. The van der Waals surface area contributed by atoms with Crippen LogP contribution in [0.25, 0.3) is 0 Å². The third-order valence-corrected chi connectivity index (χ3v) is 2.93. The average molecular weight is 250 g/mol. The molecular weight excluding hydrogens is 232 g/mol. The van der Waals surface area contributed by atoms with Gasteiger partial charge in [-0.1, -0.05) is 5.16 Å². The van der Waals surface area contributed by atoms with Crippen LogP contribution in [-0.4, -0.2) is 41.8 Å². The maximum Gasteiger partial charge on any atom is 0.190 e. The van der Waals surface area contributed by atoms with Gasteiger partial charge in [0.25, 0.3) is 0 Å². The predicted octanol–water partition coefficient (Wildman–Crippen LogP) is 0.791. The van der Waals surface area contributed by atoms with Gasteiger partial charge in [-0.25, -0.2) is 0 Å². The van der Waals surface area contributed by atoms with Gasteiger partial charge in [0.05, 0.1) is 11.8 Å². The van der Waals surface area contributed by atoms with Gasteiger partial charge in [0.2, 0.25) is 0 Å². The normalized spacial score (nSPS) is 21.7. The van der Waals surface area contributed by atoms with Crippen molar-refractivity contribution < 1.29 is 9.94 Å². The highest BCUT2D eigenvalue weighted by atomic mass is 16.5. The van der Waals surface area contributed by atoms with E-state index in [1.54, 1.807) is 6.20 Å². The fraction of sp³-hybridized carbons (Fsp3) is 0.500. The Bertz CT molecular complexity index is 436. The number of nitrogens with zero attached hydrogens (tertiary/aromatic N) is 3. The van der Waals surface area contributed by atoms with Crippen molar-refractivity contribution in [2.45, 2.75) is 19.4 Å². The number of hydrogen-bond acceptors (Lipinski definition) is 5. The standard InChI is InChI=1S/C12H18N4O2/c1-9-8-16(6-3-7-18-9)10-4-2-5-14-11(10)12(13)15-17/h2,4-5,9,17H,3,6-8H2,1H3,(H2,13,15). The quantitative estimate of drug-likeness (QED) is 0.351. The summed E-state index contributed by atoms with van der Waals surface area (Å²) in [5.74, 6) is 0.0309. The summed E-state index contributed by atoms with van der Waals surface area (Å²) in [7, 11) is 0. The van der Waals surface area contributed by atoms with E-state index in [9.17, 15) is 0 Å². The molecule has 2 heterocycles. The van der Waals surface area contributed by atoms with Gasteiger partial charge in [0, 0.05) is 25.9 Å². The molecule has 3 N–H and O–H groups in total. The summed E-state index contributed by atoms with van der Waals surface area (Å²) in [6.45, 7) is 4.45. The molecule has 1 atom stereocenters. The first-order valence-corrected chi connectivity index (χ1v) is 6.02. The fourth-order valence-electron chi connectivity index (χ4n) is 2.11. The van der Waals surface area contributed by atoms with E-state index in [2.05, 4.69) is 15.0 Å². The molecule has 0 spiro atoms. The Hall–Kier alpha value is -1.82. The zero-order valence-corrected chi connectivity index (χ0v) is 10.4. The van der Waals surface area contributed by atoms with E-state index in [-0.39, 0.29) is 11.9 Å². The van der Waals surface area contributed by atoms with Crippen molar-refractivity contribution in [1.29, 1.82) is 0 Å². The molecular formula is C12H18N4O2. The highest BCUT2D eigenvalue weighted by molar-refractivity contribution is 6.00. The lowest BCUT2D eigenvalue weighted by Gasteiger charge is -2.25. The van der Waals surface area contributed by atoms with Gasteiger partial charge in [0.15, 0.2) is 5.84 Å². The van der Waals surface area contributed by atoms with E-state index < -0.39 is 0 Å². The second-order valence-corrected chi connectivity index (χ2v) is 4.34. The Balaban J connectivity index is 2.31. The Morgan fingerprint density at radius 2 is 2.50 bits per heavy atom. The number of aromatic nitrogens is 1. The third kappa shape index (κ3) is 2.70. The minimum Gasteiger partial charge on any atom is -0.409 e. The molecule has 0 radical (unpaired) electrons. The molecule has 0 saturated carbocycles. The number of nitrogens with two attached hydrogens (primary N) is 1. The third-order valence-electron chi connectivity index (χ3n) is 2.93. The second-order valence-electron chi connectivity index (χ2n) is 4.34. The van der Waals surface area contributed by atoms with Gasteiger partial charge in [-0.05, 0) is 25.5 Å². The lowest BCUT2D eigenvalue weighted by atomic mass is 10.2. The number of hydrogen-bond donors (Lipinski definition) is 2. The van der Waals surface area contributed by atoms with Crippen LogP contribution in [0.15, 0.2) is 23.5 Å². The van der Waals surface area contributed by atoms with E-state index in [1.165, 1.54) is 0 Å². The monoisotopic (exact) mass is 250 g/mol. The maximum absolute atomic E-state index is 8.80. The van der Waals surface area contributed by atoms with Crippen molar-refractivity contribution in [3.8, 4) is 0 Å². The molecule has 1 saturated heterocycles. The molecule has 2 rings (SSSR count). The van der Waals surface area contributed by atoms with Gasteiger partial charge in [-0.3, -0.25) is 4.98 Å². The zero-order chi connectivity index (χ0) is 13.0. The molecule has 98 valence electrons. The SMILES string of the molecule is CC1CN(c2cccnc2/C(N)=N/O)CCCO1. The molecule has 1 unspecified atom stereocenters. The van der Waals surface area contributed by atoms with Crippen molar-refractivity contribution in [2.24, 2.45) is 10.9 Å². The predicted molar refractivity (Wildman–Crippen MR) is 69.0 cm³/mol. The fourth-order valence-corrected chi connectivity index (χ4v) is 2.11. The van der Waals surface area contributed by atoms with E-state index in [0.29, 0.717) is 5.69 Å². The maximum atomic E-state index is 8.80. The summed E-state index contributed by atoms with van der Waals surface area (Å²) in [5, 5.41) is 11.8. The number of ether oxygens (including phenoxy) is 1. The number of rotatable bonds is 2. The second kappa shape index (κ2) is 5.68. The molecule has 0 aliphatic carbocycles. The molecule has 1 aromatic rings. The largest absolute Gasteiger partial charge is 0.409 e. The van der Waals surface area contributed by atoms with Crippen molar-refractivity contribution in [1.82, 2.24) is 4.98 Å². The molecule has 1 aliphatic heterocycles. The molecule has 6 nitrogen and oxygen atoms in total. The highest BCUT2D eigenvalue weighted by Gasteiger charge is 2.19. The summed E-state index contributed by atoms with van der Waals surface area (Å²) in [6, 6.07) is 3.78. The first-order valence-electron chi connectivity index (χ1n) is 6.02. The highest BCUT2D eigenvalue weighted by Crippen LogP contribution is 2.20. The molecule has 6 heteroatoms. The van der Waals surface area contributed by atoms with Gasteiger partial charge in [-0.2, -0.15) is 0 Å². The summed E-state index contributed by atoms with van der Waals surface area (Å²) in [6.07, 6.45) is 2.75. The van der Waals surface area contributed by atoms with Crippen LogP contribution in [0, 0.1) is 0 Å². The Morgan fingerprint density at radius 3 is 3.28 bits per heavy atom. The number of amidine groups is 1. The number of anilines is 1. The van der Waals surface area contributed by atoms with Crippen molar-refractivity contribution in [2.75, 3.05) is 24.6 Å². The van der Waals surface area contributed by atoms with Crippen LogP contribution < -0.4 is 10.6 Å². The Labute approximate surface area is 106 Å². The molecule has 1 fully saturated rings. The van der Waals surface area contributed by atoms with Gasteiger partial charge >= 0.3 is 0 Å². The van der Waals surface area contributed by atoms with Crippen molar-refractivity contribution in [3.05, 3.63) is 24.0 Å². The minimum absolute atomic E-state index is 0.0309. The summed E-state index contributed by atoms with van der Waals surface area (Å²) in [4.78, 5) is 6.35. The van der Waals surface area contributed by atoms with E-state index in [4.69, 9.17) is 15.7 Å².